The van der Waals surface area contributed by atoms with Crippen LogP contribution in [-0.2, 0) is 15.8 Å². The van der Waals surface area contributed by atoms with Crippen LogP contribution in [0.15, 0.2) is 55.4 Å². The number of carbonyl (C=O) groups excluding carboxylic acids is 1. The van der Waals surface area contributed by atoms with Gasteiger partial charge in [0.1, 0.15) is 23.7 Å². The highest BCUT2D eigenvalue weighted by Gasteiger charge is 2.37. The first kappa shape index (κ1) is 31.5. The second-order valence-corrected chi connectivity index (χ2v) is 11.6. The van der Waals surface area contributed by atoms with Gasteiger partial charge in [-0.3, -0.25) is 14.5 Å². The lowest BCUT2D eigenvalue weighted by Gasteiger charge is -2.42. The van der Waals surface area contributed by atoms with E-state index in [4.69, 9.17) is 9.57 Å². The summed E-state index contributed by atoms with van der Waals surface area (Å²) < 4.78 is 60.2. The van der Waals surface area contributed by atoms with Gasteiger partial charge in [-0.1, -0.05) is 6.58 Å². The van der Waals surface area contributed by atoms with Crippen LogP contribution in [0.2, 0.25) is 0 Å². The number of carbonyl (C=O) groups is 1. The van der Waals surface area contributed by atoms with E-state index in [1.807, 2.05) is 6.07 Å². The number of halogens is 4. The van der Waals surface area contributed by atoms with Gasteiger partial charge in [-0.2, -0.15) is 13.2 Å². The summed E-state index contributed by atoms with van der Waals surface area (Å²) in [6.45, 7) is 8.48. The second kappa shape index (κ2) is 12.8. The van der Waals surface area contributed by atoms with Gasteiger partial charge in [-0.05, 0) is 55.7 Å². The molecule has 2 aromatic carbocycles. The highest BCUT2D eigenvalue weighted by molar-refractivity contribution is 6.02. The second-order valence-electron chi connectivity index (χ2n) is 11.6. The van der Waals surface area contributed by atoms with Crippen molar-refractivity contribution in [3.05, 3.63) is 72.3 Å². The first-order chi connectivity index (χ1) is 22.0. The zero-order chi connectivity index (χ0) is 32.6. The van der Waals surface area contributed by atoms with Gasteiger partial charge in [0.2, 0.25) is 5.91 Å². The molecule has 3 aromatic rings. The molecule has 10 nitrogen and oxygen atoms in total. The molecule has 0 bridgehead atoms. The molecule has 3 fully saturated rings. The van der Waals surface area contributed by atoms with Gasteiger partial charge in [0.25, 0.3) is 0 Å². The fourth-order valence-electron chi connectivity index (χ4n) is 6.16. The van der Waals surface area contributed by atoms with E-state index < -0.39 is 23.6 Å². The van der Waals surface area contributed by atoms with E-state index in [2.05, 4.69) is 43.9 Å². The molecular formula is C32H35F4N7O3. The molecule has 1 amide bonds. The van der Waals surface area contributed by atoms with Crippen molar-refractivity contribution in [3.8, 4) is 5.75 Å². The number of benzene rings is 2. The molecule has 6 rings (SSSR count). The number of methoxy groups -OCH3 is 1. The number of ether oxygens (including phenoxy) is 1. The lowest BCUT2D eigenvalue weighted by atomic mass is 10.0. The first-order valence-corrected chi connectivity index (χ1v) is 15.1. The molecular weight excluding hydrogens is 606 g/mol. The van der Waals surface area contributed by atoms with Crippen molar-refractivity contribution >= 4 is 34.6 Å². The van der Waals surface area contributed by atoms with Crippen LogP contribution in [0.25, 0.3) is 0 Å². The van der Waals surface area contributed by atoms with E-state index in [0.29, 0.717) is 47.5 Å². The molecule has 46 heavy (non-hydrogen) atoms. The Morgan fingerprint density at radius 2 is 1.89 bits per heavy atom. The molecule has 2 unspecified atom stereocenters. The van der Waals surface area contributed by atoms with Crippen LogP contribution >= 0.6 is 0 Å². The Kier molecular flexibility index (Phi) is 8.75. The maximum absolute atomic E-state index is 14.2. The molecule has 3 heterocycles. The van der Waals surface area contributed by atoms with Gasteiger partial charge in [-0.15, -0.1) is 0 Å². The molecule has 2 atom stereocenters. The third-order valence-electron chi connectivity index (χ3n) is 8.47. The molecule has 14 heteroatoms. The average molecular weight is 642 g/mol. The van der Waals surface area contributed by atoms with Crippen molar-refractivity contribution in [1.82, 2.24) is 14.9 Å². The topological polar surface area (TPSA) is 95.1 Å². The lowest BCUT2D eigenvalue weighted by Crippen LogP contribution is -2.52. The Hall–Kier alpha value is -4.43. The van der Waals surface area contributed by atoms with Crippen LogP contribution in [0, 0.1) is 5.82 Å². The number of nitrogens with zero attached hydrogens (tertiary/aromatic N) is 5. The van der Waals surface area contributed by atoms with E-state index >= 15 is 0 Å². The largest absolute Gasteiger partial charge is 0.494 e. The molecule has 1 saturated carbocycles. The standard InChI is InChI=1S/C32H35F4N7O3/c1-4-31(44)40-24-14-25(28(45-3)15-27(24)41-8-9-42(19(2)17-41)23-5-6-23)39-29-16-30(38-18-37-29)43-26(7-10-46-43)20-11-21(32(34,35)36)13-22(33)12-20/h4,11-16,18-19,23,26H,1,5-10,17H2,2-3H3,(H,40,44)(H,37,38,39). The minimum Gasteiger partial charge on any atom is -0.494 e. The van der Waals surface area contributed by atoms with E-state index in [1.54, 1.807) is 19.2 Å². The van der Waals surface area contributed by atoms with Gasteiger partial charge in [0.05, 0.1) is 42.4 Å². The highest BCUT2D eigenvalue weighted by atomic mass is 19.4. The number of anilines is 5. The molecule has 3 aliphatic rings. The number of amides is 1. The average Bonchev–Trinajstić information content (AvgIpc) is 3.75. The van der Waals surface area contributed by atoms with E-state index in [9.17, 15) is 22.4 Å². The summed E-state index contributed by atoms with van der Waals surface area (Å²) in [6, 6.07) is 7.94. The van der Waals surface area contributed by atoms with Crippen molar-refractivity contribution in [2.45, 2.75) is 50.5 Å². The number of hydrogen-bond donors (Lipinski definition) is 2. The summed E-state index contributed by atoms with van der Waals surface area (Å²) in [7, 11) is 1.54. The molecule has 0 radical (unpaired) electrons. The van der Waals surface area contributed by atoms with E-state index in [1.165, 1.54) is 30.3 Å². The van der Waals surface area contributed by atoms with Crippen molar-refractivity contribution in [2.24, 2.45) is 0 Å². The molecule has 1 aromatic heterocycles. The molecule has 1 aliphatic carbocycles. The predicted octanol–water partition coefficient (Wildman–Crippen LogP) is 6.07. The van der Waals surface area contributed by atoms with Crippen molar-refractivity contribution in [2.75, 3.05) is 53.9 Å². The van der Waals surface area contributed by atoms with Gasteiger partial charge < -0.3 is 20.3 Å². The normalized spacial score (nSPS) is 20.5. The van der Waals surface area contributed by atoms with Crippen LogP contribution in [-0.4, -0.2) is 66.2 Å². The van der Waals surface area contributed by atoms with Gasteiger partial charge in [0.15, 0.2) is 5.82 Å². The molecule has 244 valence electrons. The fourth-order valence-corrected chi connectivity index (χ4v) is 6.16. The SMILES string of the molecule is C=CC(=O)Nc1cc(Nc2cc(N3OCCC3c3cc(F)cc(C(F)(F)F)c3)ncn2)c(OC)cc1N1CCN(C2CC2)C(C)C1. The highest BCUT2D eigenvalue weighted by Crippen LogP contribution is 2.42. The molecule has 2 saturated heterocycles. The van der Waals surface area contributed by atoms with Gasteiger partial charge in [-0.25, -0.2) is 19.4 Å². The number of hydroxylamine groups is 1. The summed E-state index contributed by atoms with van der Waals surface area (Å²) >= 11 is 0. The zero-order valence-electron chi connectivity index (χ0n) is 25.5. The molecule has 2 N–H and O–H groups in total. The smallest absolute Gasteiger partial charge is 0.416 e. The van der Waals surface area contributed by atoms with E-state index in [0.717, 1.165) is 37.5 Å². The lowest BCUT2D eigenvalue weighted by molar-refractivity contribution is -0.137. The Bertz CT molecular complexity index is 1620. The van der Waals surface area contributed by atoms with Crippen molar-refractivity contribution < 1.29 is 31.9 Å². The molecule has 0 spiro atoms. The fraction of sp³-hybridized carbons (Fsp3) is 0.406. The minimum atomic E-state index is -4.70. The van der Waals surface area contributed by atoms with Gasteiger partial charge >= 0.3 is 6.18 Å². The Morgan fingerprint density at radius 1 is 1.09 bits per heavy atom. The summed E-state index contributed by atoms with van der Waals surface area (Å²) in [5.74, 6) is -0.270. The number of aromatic nitrogens is 2. The first-order valence-electron chi connectivity index (χ1n) is 15.1. The summed E-state index contributed by atoms with van der Waals surface area (Å²) in [4.78, 5) is 31.5. The Morgan fingerprint density at radius 3 is 2.59 bits per heavy atom. The maximum Gasteiger partial charge on any atom is 0.416 e. The number of piperazine rings is 1. The third kappa shape index (κ3) is 6.72. The number of alkyl halides is 3. The van der Waals surface area contributed by atoms with Crippen LogP contribution in [0.4, 0.5) is 46.3 Å². The van der Waals surface area contributed by atoms with Crippen LogP contribution in [0.3, 0.4) is 0 Å². The summed E-state index contributed by atoms with van der Waals surface area (Å²) in [5.41, 5.74) is 0.909. The third-order valence-corrected chi connectivity index (χ3v) is 8.47. The number of nitrogens with one attached hydrogen (secondary N) is 2. The van der Waals surface area contributed by atoms with Gasteiger partial charge in [0, 0.05) is 50.3 Å². The minimum absolute atomic E-state index is 0.116. The number of hydrogen-bond acceptors (Lipinski definition) is 9. The van der Waals surface area contributed by atoms with Crippen LogP contribution in [0.5, 0.6) is 5.75 Å². The number of rotatable bonds is 9. The van der Waals surface area contributed by atoms with E-state index in [-0.39, 0.29) is 23.9 Å². The maximum atomic E-state index is 14.2. The quantitative estimate of drug-likeness (QED) is 0.213. The monoisotopic (exact) mass is 641 g/mol. The van der Waals surface area contributed by atoms with Crippen LogP contribution < -0.4 is 25.3 Å². The van der Waals surface area contributed by atoms with Crippen molar-refractivity contribution in [3.63, 3.8) is 0 Å². The Balaban J connectivity index is 1.28. The van der Waals surface area contributed by atoms with Crippen molar-refractivity contribution in [1.29, 1.82) is 0 Å². The van der Waals surface area contributed by atoms with Crippen LogP contribution in [0.1, 0.15) is 43.4 Å². The predicted molar refractivity (Wildman–Crippen MR) is 166 cm³/mol. The Labute approximate surface area is 264 Å². The molecule has 2 aliphatic heterocycles. The summed E-state index contributed by atoms with van der Waals surface area (Å²) in [5, 5.41) is 7.49. The zero-order valence-corrected chi connectivity index (χ0v) is 25.5. The summed E-state index contributed by atoms with van der Waals surface area (Å²) in [6.07, 6.45) is 0.577.